The summed E-state index contributed by atoms with van der Waals surface area (Å²) >= 11 is 0. The fourth-order valence-corrected chi connectivity index (χ4v) is 2.10. The summed E-state index contributed by atoms with van der Waals surface area (Å²) in [5.41, 5.74) is 2.07. The van der Waals surface area contributed by atoms with Gasteiger partial charge in [0.05, 0.1) is 5.57 Å². The number of carbonyl (C=O) groups is 1. The smallest absolute Gasteiger partial charge is 0.338 e. The number of esters is 1. The van der Waals surface area contributed by atoms with Crippen LogP contribution in [0.25, 0.3) is 0 Å². The van der Waals surface area contributed by atoms with Crippen LogP contribution >= 0.6 is 0 Å². The summed E-state index contributed by atoms with van der Waals surface area (Å²) in [5.74, 6) is -0.114. The maximum atomic E-state index is 11.5. The third-order valence-electron chi connectivity index (χ3n) is 2.89. The van der Waals surface area contributed by atoms with Crippen LogP contribution in [0, 0.1) is 0 Å². The second-order valence-corrected chi connectivity index (χ2v) is 3.92. The van der Waals surface area contributed by atoms with Gasteiger partial charge in [0.1, 0.15) is 6.10 Å². The Hall–Kier alpha value is -1.05. The predicted molar refractivity (Wildman–Crippen MR) is 54.8 cm³/mol. The van der Waals surface area contributed by atoms with E-state index < -0.39 is 0 Å². The standard InChI is InChI=1S/C12H16O2/c1-2-3-8-11-9-6-4-5-7-10(9)12(13)14-11/h5,7,11H,2-4,6,8H2,1H3/t11-/m1/s1. The molecule has 2 nitrogen and oxygen atoms in total. The molecule has 0 saturated heterocycles. The molecule has 76 valence electrons. The van der Waals surface area contributed by atoms with Crippen LogP contribution in [-0.4, -0.2) is 12.1 Å². The number of hydrogen-bond acceptors (Lipinski definition) is 2. The number of carbonyl (C=O) groups excluding carboxylic acids is 1. The first-order chi connectivity index (χ1) is 6.83. The first-order valence-corrected chi connectivity index (χ1v) is 5.43. The van der Waals surface area contributed by atoms with Crippen molar-refractivity contribution in [3.63, 3.8) is 0 Å². The Morgan fingerprint density at radius 1 is 1.57 bits per heavy atom. The molecular weight excluding hydrogens is 176 g/mol. The molecule has 0 amide bonds. The Labute approximate surface area is 84.6 Å². The van der Waals surface area contributed by atoms with E-state index in [1.54, 1.807) is 0 Å². The highest BCUT2D eigenvalue weighted by Gasteiger charge is 2.32. The normalized spacial score (nSPS) is 25.2. The Kier molecular flexibility index (Phi) is 2.71. The largest absolute Gasteiger partial charge is 0.454 e. The second-order valence-electron chi connectivity index (χ2n) is 3.92. The molecule has 0 aromatic heterocycles. The van der Waals surface area contributed by atoms with Crippen LogP contribution in [0.4, 0.5) is 0 Å². The molecule has 0 spiro atoms. The Morgan fingerprint density at radius 3 is 3.21 bits per heavy atom. The van der Waals surface area contributed by atoms with Gasteiger partial charge in [-0.3, -0.25) is 0 Å². The van der Waals surface area contributed by atoms with E-state index in [-0.39, 0.29) is 12.1 Å². The van der Waals surface area contributed by atoms with Crippen molar-refractivity contribution in [1.82, 2.24) is 0 Å². The highest BCUT2D eigenvalue weighted by Crippen LogP contribution is 2.33. The summed E-state index contributed by atoms with van der Waals surface area (Å²) in [6.45, 7) is 2.16. The summed E-state index contributed by atoms with van der Waals surface area (Å²) in [5, 5.41) is 0. The van der Waals surface area contributed by atoms with Gasteiger partial charge in [0.25, 0.3) is 0 Å². The molecule has 1 aliphatic carbocycles. The number of ether oxygens (including phenoxy) is 1. The van der Waals surface area contributed by atoms with E-state index >= 15 is 0 Å². The molecule has 0 saturated carbocycles. The van der Waals surface area contributed by atoms with Crippen molar-refractivity contribution in [1.29, 1.82) is 0 Å². The van der Waals surface area contributed by atoms with E-state index in [4.69, 9.17) is 4.74 Å². The van der Waals surface area contributed by atoms with Gasteiger partial charge in [0.15, 0.2) is 0 Å². The molecule has 0 unspecified atom stereocenters. The van der Waals surface area contributed by atoms with Crippen LogP contribution in [-0.2, 0) is 9.53 Å². The van der Waals surface area contributed by atoms with Gasteiger partial charge in [-0.05, 0) is 31.3 Å². The minimum absolute atomic E-state index is 0.0856. The first kappa shape index (κ1) is 9.50. The molecule has 0 aromatic rings. The third-order valence-corrected chi connectivity index (χ3v) is 2.89. The van der Waals surface area contributed by atoms with Gasteiger partial charge in [0, 0.05) is 0 Å². The average molecular weight is 192 g/mol. The van der Waals surface area contributed by atoms with E-state index in [9.17, 15) is 4.79 Å². The van der Waals surface area contributed by atoms with Gasteiger partial charge in [0.2, 0.25) is 0 Å². The number of hydrogen-bond donors (Lipinski definition) is 0. The summed E-state index contributed by atoms with van der Waals surface area (Å²) in [6, 6.07) is 0. The molecule has 0 N–H and O–H groups in total. The minimum Gasteiger partial charge on any atom is -0.454 e. The summed E-state index contributed by atoms with van der Waals surface area (Å²) in [6.07, 6.45) is 9.42. The van der Waals surface area contributed by atoms with Gasteiger partial charge in [-0.2, -0.15) is 0 Å². The predicted octanol–water partition coefficient (Wildman–Crippen LogP) is 2.75. The highest BCUT2D eigenvalue weighted by molar-refractivity contribution is 5.95. The zero-order valence-electron chi connectivity index (χ0n) is 8.58. The van der Waals surface area contributed by atoms with Gasteiger partial charge in [-0.1, -0.05) is 25.5 Å². The Balaban J connectivity index is 2.11. The Bertz CT molecular complexity index is 299. The van der Waals surface area contributed by atoms with Crippen LogP contribution in [0.3, 0.4) is 0 Å². The molecule has 1 heterocycles. The molecule has 2 heteroatoms. The van der Waals surface area contributed by atoms with E-state index in [1.165, 1.54) is 5.57 Å². The molecule has 0 fully saturated rings. The van der Waals surface area contributed by atoms with Crippen molar-refractivity contribution < 1.29 is 9.53 Å². The van der Waals surface area contributed by atoms with Crippen LogP contribution in [0.5, 0.6) is 0 Å². The molecule has 1 atom stereocenters. The van der Waals surface area contributed by atoms with E-state index in [1.807, 2.05) is 6.08 Å². The average Bonchev–Trinajstić information content (AvgIpc) is 2.54. The molecule has 2 rings (SSSR count). The maximum absolute atomic E-state index is 11.5. The van der Waals surface area contributed by atoms with E-state index in [0.29, 0.717) is 0 Å². The van der Waals surface area contributed by atoms with Crippen LogP contribution < -0.4 is 0 Å². The van der Waals surface area contributed by atoms with E-state index in [2.05, 4.69) is 13.0 Å². The molecule has 0 radical (unpaired) electrons. The minimum atomic E-state index is -0.114. The van der Waals surface area contributed by atoms with Gasteiger partial charge in [-0.15, -0.1) is 0 Å². The lowest BCUT2D eigenvalue weighted by atomic mass is 9.93. The van der Waals surface area contributed by atoms with Crippen molar-refractivity contribution >= 4 is 5.97 Å². The number of cyclic esters (lactones) is 1. The summed E-state index contributed by atoms with van der Waals surface area (Å²) in [4.78, 5) is 11.5. The Morgan fingerprint density at radius 2 is 2.43 bits per heavy atom. The van der Waals surface area contributed by atoms with Crippen molar-refractivity contribution in [3.8, 4) is 0 Å². The monoisotopic (exact) mass is 192 g/mol. The quantitative estimate of drug-likeness (QED) is 0.643. The summed E-state index contributed by atoms with van der Waals surface area (Å²) in [7, 11) is 0. The third kappa shape index (κ3) is 1.61. The van der Waals surface area contributed by atoms with Crippen LogP contribution in [0.2, 0.25) is 0 Å². The lowest BCUT2D eigenvalue weighted by Crippen LogP contribution is -2.11. The zero-order chi connectivity index (χ0) is 9.97. The van der Waals surface area contributed by atoms with Crippen LogP contribution in [0.1, 0.15) is 39.0 Å². The molecule has 0 bridgehead atoms. The zero-order valence-corrected chi connectivity index (χ0v) is 8.58. The van der Waals surface area contributed by atoms with Crippen molar-refractivity contribution in [2.75, 3.05) is 0 Å². The lowest BCUT2D eigenvalue weighted by molar-refractivity contribution is -0.139. The highest BCUT2D eigenvalue weighted by atomic mass is 16.5. The van der Waals surface area contributed by atoms with Gasteiger partial charge >= 0.3 is 5.97 Å². The number of unbranched alkanes of at least 4 members (excludes halogenated alkanes) is 1. The first-order valence-electron chi connectivity index (χ1n) is 5.43. The fraction of sp³-hybridized carbons (Fsp3) is 0.583. The van der Waals surface area contributed by atoms with Crippen LogP contribution in [0.15, 0.2) is 23.3 Å². The summed E-state index contributed by atoms with van der Waals surface area (Å²) < 4.78 is 5.35. The second kappa shape index (κ2) is 3.99. The molecular formula is C12H16O2. The fourth-order valence-electron chi connectivity index (χ4n) is 2.10. The maximum Gasteiger partial charge on any atom is 0.338 e. The number of rotatable bonds is 3. The number of allylic oxidation sites excluding steroid dienone is 1. The van der Waals surface area contributed by atoms with E-state index in [0.717, 1.165) is 37.7 Å². The van der Waals surface area contributed by atoms with Crippen molar-refractivity contribution in [2.45, 2.75) is 45.1 Å². The topological polar surface area (TPSA) is 26.3 Å². The van der Waals surface area contributed by atoms with Crippen molar-refractivity contribution in [3.05, 3.63) is 23.3 Å². The molecule has 1 aliphatic heterocycles. The van der Waals surface area contributed by atoms with Gasteiger partial charge < -0.3 is 4.74 Å². The van der Waals surface area contributed by atoms with Gasteiger partial charge in [-0.25, -0.2) is 4.79 Å². The lowest BCUT2D eigenvalue weighted by Gasteiger charge is -2.13. The van der Waals surface area contributed by atoms with Crippen molar-refractivity contribution in [2.24, 2.45) is 0 Å². The SMILES string of the molecule is CCCC[C@H]1OC(=O)C2=C1CCC=C2. The molecule has 2 aliphatic rings. The molecule has 0 aromatic carbocycles. The molecule has 14 heavy (non-hydrogen) atoms.